The van der Waals surface area contributed by atoms with E-state index in [0.717, 1.165) is 42.4 Å². The maximum absolute atomic E-state index is 4.04. The van der Waals surface area contributed by atoms with Gasteiger partial charge in [0.05, 0.1) is 0 Å². The molecule has 2 nitrogen and oxygen atoms in total. The zero-order chi connectivity index (χ0) is 34.3. The van der Waals surface area contributed by atoms with Crippen LogP contribution in [0.1, 0.15) is 89.7 Å². The van der Waals surface area contributed by atoms with Gasteiger partial charge < -0.3 is 41.0 Å². The average molecular weight is 759 g/mol. The second-order valence-electron chi connectivity index (χ2n) is 17.5. The van der Waals surface area contributed by atoms with Crippen molar-refractivity contribution in [2.45, 2.75) is 113 Å². The van der Waals surface area contributed by atoms with E-state index in [2.05, 4.69) is 107 Å². The summed E-state index contributed by atoms with van der Waals surface area (Å²) in [5.41, 5.74) is 9.98. The molecule has 2 saturated heterocycles. The number of hydrogen-bond acceptors (Lipinski definition) is 2. The van der Waals surface area contributed by atoms with E-state index in [1.54, 1.807) is 11.1 Å². The molecule has 278 valence electrons. The average Bonchev–Trinajstić information content (AvgIpc) is 3.96. The van der Waals surface area contributed by atoms with Crippen molar-refractivity contribution in [1.82, 2.24) is 10.6 Å². The van der Waals surface area contributed by atoms with Crippen LogP contribution in [0.2, 0.25) is 0 Å². The van der Waals surface area contributed by atoms with Crippen molar-refractivity contribution >= 4 is 17.2 Å². The van der Waals surface area contributed by atoms with Crippen LogP contribution in [0.3, 0.4) is 0 Å². The van der Waals surface area contributed by atoms with E-state index in [1.165, 1.54) is 86.2 Å². The van der Waals surface area contributed by atoms with Crippen LogP contribution in [0.4, 0.5) is 0 Å². The van der Waals surface area contributed by atoms with Crippen LogP contribution in [0, 0.1) is 23.7 Å². The molecule has 0 spiro atoms. The van der Waals surface area contributed by atoms with E-state index in [-0.39, 0.29) is 30.1 Å². The Kier molecular flexibility index (Phi) is 11.9. The predicted molar refractivity (Wildman–Crippen MR) is 220 cm³/mol. The Balaban J connectivity index is 0.000000625. The molecule has 4 aromatic rings. The molecule has 6 fully saturated rings. The molecule has 5 heteroatoms. The van der Waals surface area contributed by atoms with Gasteiger partial charge in [-0.25, -0.2) is 0 Å². The monoisotopic (exact) mass is 758 g/mol. The Bertz CT molecular complexity index is 1600. The Morgan fingerprint density at radius 2 is 1.22 bits per heavy atom. The number of benzene rings is 2. The van der Waals surface area contributed by atoms with E-state index < -0.39 is 0 Å². The first kappa shape index (κ1) is 37.7. The summed E-state index contributed by atoms with van der Waals surface area (Å²) in [6.45, 7) is 10.1. The summed E-state index contributed by atoms with van der Waals surface area (Å²) in [5.74, 6) is 3.99. The maximum Gasteiger partial charge on any atom is 0.0231 e. The molecule has 4 saturated carbocycles. The summed E-state index contributed by atoms with van der Waals surface area (Å²) in [5, 5.41) is 8.38. The zero-order valence-corrected chi connectivity index (χ0v) is 34.3. The molecule has 2 aliphatic heterocycles. The first-order chi connectivity index (χ1) is 24.3. The van der Waals surface area contributed by atoms with Crippen LogP contribution in [0.5, 0.6) is 0 Å². The first-order valence-corrected chi connectivity index (χ1v) is 22.1. The van der Waals surface area contributed by atoms with Gasteiger partial charge in [-0.15, -0.1) is 39.4 Å². The molecule has 4 bridgehead atoms. The summed E-state index contributed by atoms with van der Waals surface area (Å²) < 4.78 is 0. The first-order valence-electron chi connectivity index (χ1n) is 19.9. The molecular formula is C46H60FeN2P2-6. The van der Waals surface area contributed by atoms with E-state index in [0.29, 0.717) is 17.2 Å². The van der Waals surface area contributed by atoms with E-state index >= 15 is 0 Å². The van der Waals surface area contributed by atoms with Crippen LogP contribution in [0.15, 0.2) is 97.1 Å². The fourth-order valence-electron chi connectivity index (χ4n) is 11.4. The van der Waals surface area contributed by atoms with Crippen LogP contribution < -0.4 is 10.6 Å². The van der Waals surface area contributed by atoms with Crippen molar-refractivity contribution in [3.05, 3.63) is 108 Å². The fraction of sp³-hybridized carbons (Fsp3) is 0.522. The summed E-state index contributed by atoms with van der Waals surface area (Å²) in [6.07, 6.45) is 14.0. The molecule has 4 aromatic carbocycles. The molecule has 51 heavy (non-hydrogen) atoms. The Morgan fingerprint density at radius 1 is 0.725 bits per heavy atom. The van der Waals surface area contributed by atoms with Crippen molar-refractivity contribution < 1.29 is 17.1 Å². The maximum atomic E-state index is 4.04. The molecule has 4 atom stereocenters. The molecule has 0 amide bonds. The van der Waals surface area contributed by atoms with Gasteiger partial charge in [0.15, 0.2) is 0 Å². The third-order valence-corrected chi connectivity index (χ3v) is 18.4. The van der Waals surface area contributed by atoms with E-state index in [9.17, 15) is 0 Å². The molecule has 6 aliphatic rings. The topological polar surface area (TPSA) is 24.1 Å². The quantitative estimate of drug-likeness (QED) is 0.106. The number of nitrogens with one attached hydrogen (secondary N) is 2. The molecular weight excluding hydrogens is 698 g/mol. The van der Waals surface area contributed by atoms with Gasteiger partial charge in [0, 0.05) is 34.3 Å². The largest absolute Gasteiger partial charge is 0.748 e. The van der Waals surface area contributed by atoms with Crippen molar-refractivity contribution in [2.24, 2.45) is 23.7 Å². The van der Waals surface area contributed by atoms with Crippen LogP contribution in [0.25, 0.3) is 22.3 Å². The van der Waals surface area contributed by atoms with Gasteiger partial charge in [-0.3, -0.25) is 0 Å². The summed E-state index contributed by atoms with van der Waals surface area (Å²) in [4.78, 5) is 0. The van der Waals surface area contributed by atoms with Gasteiger partial charge in [0.25, 0.3) is 0 Å². The Morgan fingerprint density at radius 3 is 1.67 bits per heavy atom. The molecule has 2 N–H and O–H groups in total. The fourth-order valence-corrected chi connectivity index (χ4v) is 16.0. The Hall–Kier alpha value is -1.56. The smallest absolute Gasteiger partial charge is 0.0231 e. The molecule has 4 aliphatic carbocycles. The van der Waals surface area contributed by atoms with Gasteiger partial charge in [-0.2, -0.15) is 6.07 Å². The molecule has 0 radical (unpaired) electrons. The molecule has 4 unspecified atom stereocenters. The minimum Gasteiger partial charge on any atom is -0.748 e. The van der Waals surface area contributed by atoms with Gasteiger partial charge >= 0.3 is 0 Å². The summed E-state index contributed by atoms with van der Waals surface area (Å²) in [7, 11) is 3.32. The summed E-state index contributed by atoms with van der Waals surface area (Å²) >= 11 is 0. The minimum absolute atomic E-state index is 0. The van der Waals surface area contributed by atoms with Crippen molar-refractivity contribution in [3.8, 4) is 22.3 Å². The molecule has 10 rings (SSSR count). The third-order valence-electron chi connectivity index (χ3n) is 13.4. The third kappa shape index (κ3) is 7.57. The van der Waals surface area contributed by atoms with Gasteiger partial charge in [0.1, 0.15) is 0 Å². The normalized spacial score (nSPS) is 29.9. The van der Waals surface area contributed by atoms with Crippen LogP contribution in [-0.2, 0) is 28.4 Å². The van der Waals surface area contributed by atoms with Gasteiger partial charge in [0.2, 0.25) is 0 Å². The Labute approximate surface area is 323 Å². The predicted octanol–water partition coefficient (Wildman–Crippen LogP) is 11.3. The second kappa shape index (κ2) is 16.0. The zero-order valence-electron chi connectivity index (χ0n) is 31.1. The van der Waals surface area contributed by atoms with Crippen molar-refractivity contribution in [3.63, 3.8) is 0 Å². The van der Waals surface area contributed by atoms with Crippen LogP contribution in [-0.4, -0.2) is 36.0 Å². The number of rotatable bonds is 8. The van der Waals surface area contributed by atoms with Gasteiger partial charge in [-0.1, -0.05) is 92.6 Å². The van der Waals surface area contributed by atoms with Crippen LogP contribution >= 0.6 is 17.2 Å². The van der Waals surface area contributed by atoms with Crippen molar-refractivity contribution in [1.29, 1.82) is 0 Å². The standard InChI is InChI=1S/C41H55N2P2.C5H5.Fe/c1-40(2,3)45(39-31-21-27-20-28(23-31)24-32(39)22-27)26-34-35(41(44,36-16-10-18-42-36)37-17-11-19-43-37)25-33(29-12-6-4-7-13-29)38(34)30-14-8-5-9-15-30;1-2-4-5-3-1;/h4-9,12-15,25,27-28,31-32,36-37,39,42-43H,10-11,16-24,26,44H2,1-3H3;1-5H;/q-1;-5;. The van der Waals surface area contributed by atoms with Crippen molar-refractivity contribution in [2.75, 3.05) is 13.1 Å². The van der Waals surface area contributed by atoms with E-state index in [1.807, 2.05) is 30.3 Å². The second-order valence-corrected chi connectivity index (χ2v) is 21.6. The molecule has 2 heterocycles. The minimum atomic E-state index is -0.228. The SMILES string of the molecule is CC(C)(C)P(C[c-]1c(C(P)(C2CCCN2)C2CCCN2)cc(-c2ccccc2)c1-c1ccccc1)C1C2CC3CC(C2)CC1C3.[Fe].[cH-]1[cH-][cH-][cH-][cH-]1. The molecule has 0 aromatic heterocycles. The van der Waals surface area contributed by atoms with E-state index in [4.69, 9.17) is 0 Å². The number of hydrogen-bond donors (Lipinski definition) is 2. The van der Waals surface area contributed by atoms with Gasteiger partial charge in [-0.05, 0) is 112 Å². The summed E-state index contributed by atoms with van der Waals surface area (Å²) in [6, 6.07) is 36.5.